The molecule has 1 aromatic rings. The molecule has 0 aromatic heterocycles. The Morgan fingerprint density at radius 3 is 2.30 bits per heavy atom. The second-order valence-electron chi connectivity index (χ2n) is 6.88. The van der Waals surface area contributed by atoms with E-state index in [2.05, 4.69) is 5.32 Å². The highest BCUT2D eigenvalue weighted by molar-refractivity contribution is 7.89. The van der Waals surface area contributed by atoms with Gasteiger partial charge >= 0.3 is 12.1 Å². The molecule has 0 radical (unpaired) electrons. The number of carboxylic acids is 1. The molecule has 8 nitrogen and oxygen atoms in total. The van der Waals surface area contributed by atoms with Crippen molar-refractivity contribution >= 4 is 33.5 Å². The van der Waals surface area contributed by atoms with Gasteiger partial charge in [-0.3, -0.25) is 4.79 Å². The normalized spacial score (nSPS) is 18.6. The molecule has 1 saturated heterocycles. The van der Waals surface area contributed by atoms with E-state index in [0.717, 1.165) is 16.4 Å². The Hall–Kier alpha value is -1.89. The van der Waals surface area contributed by atoms with E-state index in [9.17, 15) is 36.3 Å². The second-order valence-corrected chi connectivity index (χ2v) is 9.23. The van der Waals surface area contributed by atoms with Crippen LogP contribution in [-0.2, 0) is 25.8 Å². The van der Waals surface area contributed by atoms with Crippen molar-refractivity contribution in [1.82, 2.24) is 9.62 Å². The van der Waals surface area contributed by atoms with Gasteiger partial charge in [-0.25, -0.2) is 13.2 Å². The molecule has 0 spiro atoms. The van der Waals surface area contributed by atoms with Crippen LogP contribution in [0, 0.1) is 5.92 Å². The number of hydrogen-bond acceptors (Lipinski definition) is 5. The zero-order chi connectivity index (χ0) is 22.9. The van der Waals surface area contributed by atoms with Crippen molar-refractivity contribution in [3.8, 4) is 0 Å². The molecule has 13 heteroatoms. The molecule has 1 aliphatic heterocycles. The van der Waals surface area contributed by atoms with E-state index >= 15 is 0 Å². The fraction of sp³-hybridized carbons (Fsp3) is 0.529. The summed E-state index contributed by atoms with van der Waals surface area (Å²) in [5, 5.41) is 20.0. The molecule has 2 rings (SSSR count). The Kier molecular flexibility index (Phi) is 7.38. The minimum Gasteiger partial charge on any atom is -0.480 e. The number of amides is 1. The van der Waals surface area contributed by atoms with E-state index in [0.29, 0.717) is 6.07 Å². The number of carbonyl (C=O) groups is 2. The summed E-state index contributed by atoms with van der Waals surface area (Å²) in [5.74, 6) is -2.76. The van der Waals surface area contributed by atoms with Crippen LogP contribution in [0.4, 0.5) is 13.2 Å². The minimum absolute atomic E-state index is 0.0386. The number of aliphatic hydroxyl groups excluding tert-OH is 1. The average molecular weight is 473 g/mol. The van der Waals surface area contributed by atoms with Crippen molar-refractivity contribution in [2.75, 3.05) is 13.1 Å². The molecular weight excluding hydrogens is 453 g/mol. The van der Waals surface area contributed by atoms with E-state index in [1.165, 1.54) is 6.92 Å². The van der Waals surface area contributed by atoms with E-state index < -0.39 is 61.6 Å². The number of nitrogens with one attached hydrogen (secondary N) is 1. The van der Waals surface area contributed by atoms with Crippen LogP contribution in [0.5, 0.6) is 0 Å². The van der Waals surface area contributed by atoms with Crippen LogP contribution in [0.2, 0.25) is 5.02 Å². The highest BCUT2D eigenvalue weighted by Gasteiger charge is 2.37. The number of alkyl halides is 3. The van der Waals surface area contributed by atoms with E-state index in [4.69, 9.17) is 16.7 Å². The quantitative estimate of drug-likeness (QED) is 0.579. The van der Waals surface area contributed by atoms with Crippen LogP contribution in [-0.4, -0.2) is 60.0 Å². The summed E-state index contributed by atoms with van der Waals surface area (Å²) in [6, 6.07) is 0.802. The van der Waals surface area contributed by atoms with Crippen LogP contribution < -0.4 is 5.32 Å². The smallest absolute Gasteiger partial charge is 0.417 e. The molecule has 3 N–H and O–H groups in total. The summed E-state index contributed by atoms with van der Waals surface area (Å²) in [7, 11) is -4.25. The van der Waals surface area contributed by atoms with E-state index in [1.807, 2.05) is 0 Å². The van der Waals surface area contributed by atoms with Crippen molar-refractivity contribution in [3.05, 3.63) is 28.8 Å². The van der Waals surface area contributed by atoms with Gasteiger partial charge in [-0.05, 0) is 38.0 Å². The number of aliphatic hydroxyl groups is 1. The monoisotopic (exact) mass is 472 g/mol. The first-order valence-corrected chi connectivity index (χ1v) is 10.6. The van der Waals surface area contributed by atoms with Gasteiger partial charge in [-0.2, -0.15) is 17.5 Å². The summed E-state index contributed by atoms with van der Waals surface area (Å²) >= 11 is 5.52. The highest BCUT2D eigenvalue weighted by atomic mass is 35.5. The number of halogens is 4. The van der Waals surface area contributed by atoms with Crippen LogP contribution in [0.15, 0.2) is 23.1 Å². The molecule has 2 unspecified atom stereocenters. The topological polar surface area (TPSA) is 124 Å². The number of benzene rings is 1. The first-order chi connectivity index (χ1) is 13.7. The number of carbonyl (C=O) groups excluding carboxylic acids is 1. The molecule has 1 aromatic carbocycles. The van der Waals surface area contributed by atoms with Crippen molar-refractivity contribution in [3.63, 3.8) is 0 Å². The summed E-state index contributed by atoms with van der Waals surface area (Å²) in [6.45, 7) is 0.920. The first-order valence-electron chi connectivity index (χ1n) is 8.83. The Morgan fingerprint density at radius 1 is 1.27 bits per heavy atom. The van der Waals surface area contributed by atoms with Gasteiger partial charge in [0.2, 0.25) is 15.9 Å². The lowest BCUT2D eigenvalue weighted by molar-refractivity contribution is -0.145. The summed E-state index contributed by atoms with van der Waals surface area (Å²) in [4.78, 5) is 22.7. The van der Waals surface area contributed by atoms with Crippen molar-refractivity contribution in [1.29, 1.82) is 0 Å². The zero-order valence-electron chi connectivity index (χ0n) is 15.7. The Morgan fingerprint density at radius 2 is 1.83 bits per heavy atom. The molecule has 2 atom stereocenters. The van der Waals surface area contributed by atoms with Crippen molar-refractivity contribution in [2.24, 2.45) is 5.92 Å². The molecule has 30 heavy (non-hydrogen) atoms. The molecule has 0 bridgehead atoms. The van der Waals surface area contributed by atoms with Crippen LogP contribution >= 0.6 is 11.6 Å². The molecule has 1 amide bonds. The maximum atomic E-state index is 13.0. The summed E-state index contributed by atoms with van der Waals surface area (Å²) < 4.78 is 65.5. The number of piperidine rings is 1. The number of nitrogens with zero attached hydrogens (tertiary/aromatic N) is 1. The van der Waals surface area contributed by atoms with E-state index in [1.54, 1.807) is 0 Å². The van der Waals surface area contributed by atoms with Crippen molar-refractivity contribution in [2.45, 2.75) is 43.0 Å². The lowest BCUT2D eigenvalue weighted by Gasteiger charge is -2.31. The maximum absolute atomic E-state index is 13.0. The number of rotatable bonds is 6. The van der Waals surface area contributed by atoms with Crippen LogP contribution in [0.1, 0.15) is 25.3 Å². The predicted octanol–water partition coefficient (Wildman–Crippen LogP) is 1.71. The summed E-state index contributed by atoms with van der Waals surface area (Å²) in [5.41, 5.74) is -1.27. The van der Waals surface area contributed by atoms with Gasteiger partial charge in [0, 0.05) is 19.0 Å². The van der Waals surface area contributed by atoms with Crippen molar-refractivity contribution < 1.29 is 41.4 Å². The largest absolute Gasteiger partial charge is 0.480 e. The highest BCUT2D eigenvalue weighted by Crippen LogP contribution is 2.36. The second kappa shape index (κ2) is 9.08. The number of carboxylic acid groups (broad SMARTS) is 1. The Balaban J connectivity index is 2.11. The lowest BCUT2D eigenvalue weighted by atomic mass is 9.96. The van der Waals surface area contributed by atoms with Gasteiger partial charge in [0.1, 0.15) is 0 Å². The number of hydrogen-bond donors (Lipinski definition) is 3. The van der Waals surface area contributed by atoms with Gasteiger partial charge < -0.3 is 15.5 Å². The van der Waals surface area contributed by atoms with Crippen LogP contribution in [0.3, 0.4) is 0 Å². The number of sulfonamides is 1. The minimum atomic E-state index is -4.82. The fourth-order valence-electron chi connectivity index (χ4n) is 3.05. The molecule has 168 valence electrons. The standard InChI is InChI=1S/C17H20ClF3N2O6S/c1-9(24)14(16(26)27)22-15(25)10-4-6-23(7-5-10)30(28,29)11-2-3-13(18)12(8-11)17(19,20)21/h2-3,8-10,14,24H,4-7H2,1H3,(H,22,25)(H,26,27). The van der Waals surface area contributed by atoms with Crippen LogP contribution in [0.25, 0.3) is 0 Å². The number of aliphatic carboxylic acids is 1. The molecular formula is C17H20ClF3N2O6S. The zero-order valence-corrected chi connectivity index (χ0v) is 17.3. The van der Waals surface area contributed by atoms with Gasteiger partial charge in [-0.1, -0.05) is 11.6 Å². The van der Waals surface area contributed by atoms with Gasteiger partial charge in [0.15, 0.2) is 6.04 Å². The summed E-state index contributed by atoms with van der Waals surface area (Å²) in [6.07, 6.45) is -6.08. The molecule has 0 saturated carbocycles. The average Bonchev–Trinajstić information content (AvgIpc) is 2.64. The van der Waals surface area contributed by atoms with Gasteiger partial charge in [0.05, 0.1) is 21.6 Å². The molecule has 1 aliphatic rings. The molecule has 1 fully saturated rings. The third kappa shape index (κ3) is 5.42. The lowest BCUT2D eigenvalue weighted by Crippen LogP contribution is -2.51. The van der Waals surface area contributed by atoms with E-state index in [-0.39, 0.29) is 25.9 Å². The SMILES string of the molecule is CC(O)C(NC(=O)C1CCN(S(=O)(=O)c2ccc(Cl)c(C(F)(F)F)c2)CC1)C(=O)O. The maximum Gasteiger partial charge on any atom is 0.417 e. The van der Waals surface area contributed by atoms with Gasteiger partial charge in [-0.15, -0.1) is 0 Å². The predicted molar refractivity (Wildman–Crippen MR) is 99.2 cm³/mol. The molecule has 1 heterocycles. The molecule has 0 aliphatic carbocycles. The third-order valence-corrected chi connectivity index (χ3v) is 6.98. The first kappa shape index (κ1) is 24.4. The van der Waals surface area contributed by atoms with Gasteiger partial charge in [0.25, 0.3) is 0 Å². The fourth-order valence-corrected chi connectivity index (χ4v) is 4.77. The Labute approximate surface area is 175 Å². The third-order valence-electron chi connectivity index (χ3n) is 4.75. The Bertz CT molecular complexity index is 915.